The Hall–Kier alpha value is -1.17. The molecule has 2 heterocycles. The number of carbonyl (C=O) groups excluding carboxylic acids is 1. The number of ether oxygens (including phenoxy) is 1. The van der Waals surface area contributed by atoms with Crippen molar-refractivity contribution in [2.75, 3.05) is 18.4 Å². The van der Waals surface area contributed by atoms with E-state index in [4.69, 9.17) is 4.74 Å². The third-order valence-corrected chi connectivity index (χ3v) is 3.65. The van der Waals surface area contributed by atoms with Gasteiger partial charge in [-0.15, -0.1) is 5.10 Å². The molecule has 2 rings (SSSR count). The van der Waals surface area contributed by atoms with Crippen molar-refractivity contribution in [1.82, 2.24) is 15.1 Å². The Morgan fingerprint density at radius 2 is 2.47 bits per heavy atom. The highest BCUT2D eigenvalue weighted by atomic mass is 79.9. The molecule has 0 N–H and O–H groups in total. The predicted octanol–water partition coefficient (Wildman–Crippen LogP) is 2.02. The van der Waals surface area contributed by atoms with E-state index in [0.29, 0.717) is 18.8 Å². The second kappa shape index (κ2) is 7.43. The van der Waals surface area contributed by atoms with Crippen LogP contribution in [0.4, 0.5) is 0 Å². The molecule has 0 radical (unpaired) electrons. The molecule has 1 saturated heterocycles. The van der Waals surface area contributed by atoms with Gasteiger partial charge >= 0.3 is 0 Å². The number of amides is 1. The Morgan fingerprint density at radius 3 is 3.21 bits per heavy atom. The van der Waals surface area contributed by atoms with Crippen LogP contribution in [0.5, 0.6) is 5.88 Å². The van der Waals surface area contributed by atoms with Gasteiger partial charge in [-0.05, 0) is 25.3 Å². The number of halogens is 1. The van der Waals surface area contributed by atoms with Crippen molar-refractivity contribution in [3.63, 3.8) is 0 Å². The third-order valence-electron chi connectivity index (χ3n) is 3.09. The summed E-state index contributed by atoms with van der Waals surface area (Å²) in [5.74, 6) is 0.745. The van der Waals surface area contributed by atoms with Crippen molar-refractivity contribution in [3.8, 4) is 5.88 Å². The van der Waals surface area contributed by atoms with Gasteiger partial charge < -0.3 is 9.64 Å². The van der Waals surface area contributed by atoms with Crippen LogP contribution in [-0.4, -0.2) is 45.5 Å². The van der Waals surface area contributed by atoms with Gasteiger partial charge in [0, 0.05) is 30.6 Å². The number of nitrogens with zero attached hydrogens (tertiary/aromatic N) is 3. The number of aromatic nitrogens is 2. The Morgan fingerprint density at radius 1 is 1.58 bits per heavy atom. The van der Waals surface area contributed by atoms with Gasteiger partial charge in [0.2, 0.25) is 11.8 Å². The highest BCUT2D eigenvalue weighted by Gasteiger charge is 2.24. The molecule has 1 atom stereocenters. The fraction of sp³-hybridized carbons (Fsp3) is 0.615. The predicted molar refractivity (Wildman–Crippen MR) is 75.3 cm³/mol. The quantitative estimate of drug-likeness (QED) is 0.776. The molecule has 19 heavy (non-hydrogen) atoms. The molecule has 0 aromatic carbocycles. The first-order valence-corrected chi connectivity index (χ1v) is 7.70. The number of alkyl halides is 1. The van der Waals surface area contributed by atoms with Gasteiger partial charge in [-0.1, -0.05) is 15.9 Å². The molecule has 1 aliphatic heterocycles. The van der Waals surface area contributed by atoms with Gasteiger partial charge in [0.25, 0.3) is 0 Å². The summed E-state index contributed by atoms with van der Waals surface area (Å²) in [6.45, 7) is 1.49. The fourth-order valence-electron chi connectivity index (χ4n) is 2.16. The van der Waals surface area contributed by atoms with Crippen molar-refractivity contribution in [3.05, 3.63) is 18.3 Å². The number of hydrogen-bond acceptors (Lipinski definition) is 4. The lowest BCUT2D eigenvalue weighted by Crippen LogP contribution is -2.44. The first kappa shape index (κ1) is 14.2. The topological polar surface area (TPSA) is 55.3 Å². The number of piperidine rings is 1. The first-order valence-electron chi connectivity index (χ1n) is 6.57. The van der Waals surface area contributed by atoms with E-state index in [1.807, 2.05) is 4.90 Å². The van der Waals surface area contributed by atoms with Crippen LogP contribution >= 0.6 is 15.9 Å². The Labute approximate surface area is 121 Å². The highest BCUT2D eigenvalue weighted by molar-refractivity contribution is 9.09. The molecule has 1 aliphatic rings. The molecule has 104 valence electrons. The molecule has 1 amide bonds. The van der Waals surface area contributed by atoms with E-state index in [2.05, 4.69) is 26.1 Å². The van der Waals surface area contributed by atoms with Crippen molar-refractivity contribution < 1.29 is 9.53 Å². The van der Waals surface area contributed by atoms with Crippen LogP contribution in [0, 0.1) is 0 Å². The average Bonchev–Trinajstić information content (AvgIpc) is 2.46. The number of rotatable bonds is 5. The van der Waals surface area contributed by atoms with Gasteiger partial charge in [-0.2, -0.15) is 5.10 Å². The first-order chi connectivity index (χ1) is 9.29. The van der Waals surface area contributed by atoms with E-state index in [-0.39, 0.29) is 12.0 Å². The molecule has 0 saturated carbocycles. The smallest absolute Gasteiger partial charge is 0.233 e. The maximum atomic E-state index is 12.0. The number of likely N-dealkylation sites (tertiary alicyclic amines) is 1. The van der Waals surface area contributed by atoms with E-state index >= 15 is 0 Å². The maximum Gasteiger partial charge on any atom is 0.233 e. The summed E-state index contributed by atoms with van der Waals surface area (Å²) in [5, 5.41) is 8.56. The lowest BCUT2D eigenvalue weighted by molar-refractivity contribution is -0.133. The summed E-state index contributed by atoms with van der Waals surface area (Å²) in [6, 6.07) is 3.59. The van der Waals surface area contributed by atoms with Crippen LogP contribution in [0.2, 0.25) is 0 Å². The van der Waals surface area contributed by atoms with Crippen LogP contribution in [-0.2, 0) is 4.79 Å². The average molecular weight is 328 g/mol. The molecule has 1 aromatic heterocycles. The Kier molecular flexibility index (Phi) is 5.57. The standard InChI is InChI=1S/C13H18BrN3O2/c14-7-1-6-13(18)17-9-3-4-11(10-17)19-12-5-2-8-15-16-12/h2,5,8,11H,1,3-4,6-7,9-10H2. The van der Waals surface area contributed by atoms with E-state index in [9.17, 15) is 4.79 Å². The number of carbonyl (C=O) groups is 1. The van der Waals surface area contributed by atoms with E-state index in [1.165, 1.54) is 0 Å². The van der Waals surface area contributed by atoms with E-state index in [0.717, 1.165) is 31.1 Å². The largest absolute Gasteiger partial charge is 0.471 e. The number of hydrogen-bond donors (Lipinski definition) is 0. The zero-order valence-electron chi connectivity index (χ0n) is 10.8. The summed E-state index contributed by atoms with van der Waals surface area (Å²) in [6.07, 6.45) is 5.06. The zero-order chi connectivity index (χ0) is 13.5. The summed E-state index contributed by atoms with van der Waals surface area (Å²) in [7, 11) is 0. The van der Waals surface area contributed by atoms with E-state index in [1.54, 1.807) is 18.3 Å². The van der Waals surface area contributed by atoms with Crippen molar-refractivity contribution in [1.29, 1.82) is 0 Å². The molecule has 1 aromatic rings. The fourth-order valence-corrected chi connectivity index (χ4v) is 2.44. The lowest BCUT2D eigenvalue weighted by atomic mass is 10.1. The summed E-state index contributed by atoms with van der Waals surface area (Å²) < 4.78 is 5.76. The molecule has 6 heteroatoms. The van der Waals surface area contributed by atoms with Crippen LogP contribution in [0.15, 0.2) is 18.3 Å². The van der Waals surface area contributed by atoms with E-state index < -0.39 is 0 Å². The van der Waals surface area contributed by atoms with Gasteiger partial charge in [0.05, 0.1) is 6.54 Å². The SMILES string of the molecule is O=C(CCCBr)N1CCCC(Oc2cccnn2)C1. The molecule has 1 fully saturated rings. The summed E-state index contributed by atoms with van der Waals surface area (Å²) >= 11 is 3.35. The molecule has 0 aliphatic carbocycles. The van der Waals surface area contributed by atoms with Crippen LogP contribution in [0.1, 0.15) is 25.7 Å². The normalized spacial score (nSPS) is 19.2. The molecule has 1 unspecified atom stereocenters. The molecular weight excluding hydrogens is 310 g/mol. The molecule has 0 spiro atoms. The van der Waals surface area contributed by atoms with Gasteiger partial charge in [0.15, 0.2) is 0 Å². The van der Waals surface area contributed by atoms with Crippen LogP contribution < -0.4 is 4.74 Å². The van der Waals surface area contributed by atoms with Gasteiger partial charge in [-0.25, -0.2) is 0 Å². The molecule has 0 bridgehead atoms. The summed E-state index contributed by atoms with van der Waals surface area (Å²) in [4.78, 5) is 13.9. The third kappa shape index (κ3) is 4.45. The molecule has 5 nitrogen and oxygen atoms in total. The molecular formula is C13H18BrN3O2. The minimum absolute atomic E-state index is 0.0263. The van der Waals surface area contributed by atoms with Crippen molar-refractivity contribution >= 4 is 21.8 Å². The lowest BCUT2D eigenvalue weighted by Gasteiger charge is -2.32. The monoisotopic (exact) mass is 327 g/mol. The minimum atomic E-state index is 0.0263. The minimum Gasteiger partial charge on any atom is -0.471 e. The summed E-state index contributed by atoms with van der Waals surface area (Å²) in [5.41, 5.74) is 0. The maximum absolute atomic E-state index is 12.0. The zero-order valence-corrected chi connectivity index (χ0v) is 12.4. The Balaban J connectivity index is 1.85. The highest BCUT2D eigenvalue weighted by Crippen LogP contribution is 2.17. The second-order valence-corrected chi connectivity index (χ2v) is 5.37. The van der Waals surface area contributed by atoms with Crippen molar-refractivity contribution in [2.24, 2.45) is 0 Å². The Bertz CT molecular complexity index is 402. The second-order valence-electron chi connectivity index (χ2n) is 4.58. The van der Waals surface area contributed by atoms with Crippen LogP contribution in [0.25, 0.3) is 0 Å². The van der Waals surface area contributed by atoms with Gasteiger partial charge in [0.1, 0.15) is 6.10 Å². The van der Waals surface area contributed by atoms with Gasteiger partial charge in [-0.3, -0.25) is 4.79 Å². The van der Waals surface area contributed by atoms with Crippen molar-refractivity contribution in [2.45, 2.75) is 31.8 Å². The van der Waals surface area contributed by atoms with Crippen LogP contribution in [0.3, 0.4) is 0 Å².